The summed E-state index contributed by atoms with van der Waals surface area (Å²) in [5.74, 6) is 0. The van der Waals surface area contributed by atoms with Crippen molar-refractivity contribution in [3.63, 3.8) is 0 Å². The van der Waals surface area contributed by atoms with Gasteiger partial charge in [-0.3, -0.25) is 0 Å². The van der Waals surface area contributed by atoms with Gasteiger partial charge < -0.3 is 4.42 Å². The first-order chi connectivity index (χ1) is 22.0. The summed E-state index contributed by atoms with van der Waals surface area (Å²) in [4.78, 5) is 0. The predicted molar refractivity (Wildman–Crippen MR) is 175 cm³/mol. The molecule has 0 aliphatic rings. The molecule has 0 fully saturated rings. The zero-order valence-corrected chi connectivity index (χ0v) is 22.0. The van der Waals surface area contributed by atoms with Gasteiger partial charge in [-0.25, -0.2) is 0 Å². The lowest BCUT2D eigenvalue weighted by Gasteiger charge is -2.12. The molecule has 1 nitrogen and oxygen atoms in total. The van der Waals surface area contributed by atoms with E-state index < -0.39 is 0 Å². The molecule has 0 amide bonds. The van der Waals surface area contributed by atoms with Crippen LogP contribution in [0.4, 0.5) is 0 Å². The molecule has 8 aromatic carbocycles. The molecule has 190 valence electrons. The molecule has 0 saturated heterocycles. The van der Waals surface area contributed by atoms with E-state index in [9.17, 15) is 5.48 Å². The summed E-state index contributed by atoms with van der Waals surface area (Å²) in [5, 5.41) is 10.0. The first-order valence-corrected chi connectivity index (χ1v) is 13.8. The zero-order valence-electron chi connectivity index (χ0n) is 26.0. The molecule has 1 heterocycles. The summed E-state index contributed by atoms with van der Waals surface area (Å²) >= 11 is 0. The van der Waals surface area contributed by atoms with E-state index in [1.807, 2.05) is 72.8 Å². The summed E-state index contributed by atoms with van der Waals surface area (Å²) in [6, 6.07) is 40.1. The molecule has 0 saturated carbocycles. The number of hydrogen-bond acceptors (Lipinski definition) is 1. The Kier molecular flexibility index (Phi) is 3.92. The fourth-order valence-corrected chi connectivity index (χ4v) is 6.31. The normalized spacial score (nSPS) is 13.3. The van der Waals surface area contributed by atoms with Crippen LogP contribution in [0.25, 0.3) is 87.3 Å². The molecule has 0 aliphatic carbocycles. The third-order valence-electron chi connectivity index (χ3n) is 8.25. The van der Waals surface area contributed by atoms with Gasteiger partial charge in [0.15, 0.2) is 0 Å². The highest BCUT2D eigenvalue weighted by Gasteiger charge is 2.14. The maximum atomic E-state index is 9.30. The topological polar surface area (TPSA) is 13.1 Å². The van der Waals surface area contributed by atoms with Crippen molar-refractivity contribution in [3.8, 4) is 22.3 Å². The van der Waals surface area contributed by atoms with E-state index in [4.69, 9.17) is 4.42 Å². The van der Waals surface area contributed by atoms with Crippen LogP contribution in [0.1, 0.15) is 5.48 Å². The van der Waals surface area contributed by atoms with Crippen LogP contribution in [-0.4, -0.2) is 0 Å². The standard InChI is InChI=1S/C40H24O/c1-2-8-29-22-35-32(21-28(29)7-1)20-19-27-11-5-12-33(39(27)35)25-15-17-26(18-16-25)34-13-6-14-37-40(34)36-23-30-9-3-4-10-31(30)24-38(36)41-37/h1-24H/i15D,16D,17D,18D. The molecule has 0 radical (unpaired) electrons. The van der Waals surface area contributed by atoms with E-state index in [-0.39, 0.29) is 29.7 Å². The minimum atomic E-state index is -0.0728. The Balaban J connectivity index is 1.33. The fraction of sp³-hybridized carbons (Fsp3) is 0. The molecule has 9 aromatic rings. The Morgan fingerprint density at radius 1 is 0.390 bits per heavy atom. The van der Waals surface area contributed by atoms with Gasteiger partial charge in [0.25, 0.3) is 0 Å². The predicted octanol–water partition coefficient (Wildman–Crippen LogP) is 11.5. The van der Waals surface area contributed by atoms with Gasteiger partial charge in [0, 0.05) is 10.8 Å². The van der Waals surface area contributed by atoms with Crippen LogP contribution in [-0.2, 0) is 0 Å². The van der Waals surface area contributed by atoms with Crippen LogP contribution in [0, 0.1) is 0 Å². The number of furan rings is 1. The van der Waals surface area contributed by atoms with E-state index in [0.29, 0.717) is 22.3 Å². The average molecular weight is 525 g/mol. The molecule has 0 unspecified atom stereocenters. The fourth-order valence-electron chi connectivity index (χ4n) is 6.31. The van der Waals surface area contributed by atoms with E-state index >= 15 is 0 Å². The Bertz CT molecular complexity index is 2680. The van der Waals surface area contributed by atoms with Gasteiger partial charge >= 0.3 is 0 Å². The van der Waals surface area contributed by atoms with Crippen molar-refractivity contribution >= 4 is 65.0 Å². The summed E-state index contributed by atoms with van der Waals surface area (Å²) in [5.41, 5.74) is 3.25. The molecule has 0 spiro atoms. The van der Waals surface area contributed by atoms with Gasteiger partial charge in [0.05, 0.1) is 5.48 Å². The average Bonchev–Trinajstić information content (AvgIpc) is 3.43. The minimum absolute atomic E-state index is 0.0634. The van der Waals surface area contributed by atoms with E-state index in [0.717, 1.165) is 59.4 Å². The van der Waals surface area contributed by atoms with Crippen LogP contribution < -0.4 is 0 Å². The maximum absolute atomic E-state index is 9.30. The number of rotatable bonds is 2. The SMILES string of the molecule is [2H]c1c([2H])c(-c2cccc3oc4cc5ccccc5cc4c23)c([2H])c([2H])c1-c1cccc2ccc3cc4ccccc4cc3c12. The number of hydrogen-bond donors (Lipinski definition) is 0. The molecular formula is C40H24O. The quantitative estimate of drug-likeness (QED) is 0.162. The Morgan fingerprint density at radius 3 is 1.63 bits per heavy atom. The summed E-state index contributed by atoms with van der Waals surface area (Å²) < 4.78 is 43.4. The highest BCUT2D eigenvalue weighted by Crippen LogP contribution is 2.40. The zero-order chi connectivity index (χ0) is 30.4. The lowest BCUT2D eigenvalue weighted by atomic mass is 9.91. The van der Waals surface area contributed by atoms with Crippen molar-refractivity contribution in [2.45, 2.75) is 0 Å². The van der Waals surface area contributed by atoms with Crippen LogP contribution in [0.15, 0.2) is 150 Å². The smallest absolute Gasteiger partial charge is 0.136 e. The number of benzene rings is 8. The van der Waals surface area contributed by atoms with E-state index in [1.165, 1.54) is 0 Å². The second kappa shape index (κ2) is 8.55. The molecule has 0 aliphatic heterocycles. The molecular weight excluding hydrogens is 496 g/mol. The monoisotopic (exact) mass is 524 g/mol. The largest absolute Gasteiger partial charge is 0.456 e. The second-order valence-corrected chi connectivity index (χ2v) is 10.6. The Morgan fingerprint density at radius 2 is 0.927 bits per heavy atom. The molecule has 0 bridgehead atoms. The van der Waals surface area contributed by atoms with Gasteiger partial charge in [0.2, 0.25) is 0 Å². The van der Waals surface area contributed by atoms with Crippen LogP contribution >= 0.6 is 0 Å². The van der Waals surface area contributed by atoms with Crippen LogP contribution in [0.3, 0.4) is 0 Å². The Hall–Kier alpha value is -5.40. The number of fused-ring (bicyclic) bond motifs is 8. The van der Waals surface area contributed by atoms with Crippen molar-refractivity contribution in [1.29, 1.82) is 0 Å². The second-order valence-electron chi connectivity index (χ2n) is 10.6. The minimum Gasteiger partial charge on any atom is -0.456 e. The molecule has 0 N–H and O–H groups in total. The molecule has 1 heteroatoms. The summed E-state index contributed by atoms with van der Waals surface area (Å²) in [7, 11) is 0. The highest BCUT2D eigenvalue weighted by molar-refractivity contribution is 6.18. The van der Waals surface area contributed by atoms with Crippen LogP contribution in [0.2, 0.25) is 0 Å². The maximum Gasteiger partial charge on any atom is 0.136 e. The molecule has 1 aromatic heterocycles. The van der Waals surface area contributed by atoms with Gasteiger partial charge in [0.1, 0.15) is 11.2 Å². The first-order valence-electron chi connectivity index (χ1n) is 15.8. The lowest BCUT2D eigenvalue weighted by Crippen LogP contribution is -1.86. The summed E-state index contributed by atoms with van der Waals surface area (Å²) in [6.07, 6.45) is 0. The van der Waals surface area contributed by atoms with Gasteiger partial charge in [-0.05, 0) is 95.7 Å². The van der Waals surface area contributed by atoms with Gasteiger partial charge in [-0.1, -0.05) is 115 Å². The van der Waals surface area contributed by atoms with Crippen LogP contribution in [0.5, 0.6) is 0 Å². The molecule has 41 heavy (non-hydrogen) atoms. The Labute approximate surface area is 242 Å². The lowest BCUT2D eigenvalue weighted by molar-refractivity contribution is 0.669. The molecule has 9 rings (SSSR count). The highest BCUT2D eigenvalue weighted by atomic mass is 16.3. The van der Waals surface area contributed by atoms with E-state index in [1.54, 1.807) is 0 Å². The van der Waals surface area contributed by atoms with Gasteiger partial charge in [-0.2, -0.15) is 0 Å². The van der Waals surface area contributed by atoms with Crippen molar-refractivity contribution in [2.75, 3.05) is 0 Å². The van der Waals surface area contributed by atoms with E-state index in [2.05, 4.69) is 48.5 Å². The van der Waals surface area contributed by atoms with Crippen molar-refractivity contribution in [2.24, 2.45) is 0 Å². The van der Waals surface area contributed by atoms with Crippen molar-refractivity contribution < 1.29 is 9.90 Å². The van der Waals surface area contributed by atoms with Crippen molar-refractivity contribution in [3.05, 3.63) is 145 Å². The van der Waals surface area contributed by atoms with Gasteiger partial charge in [-0.15, -0.1) is 0 Å². The molecule has 0 atom stereocenters. The first kappa shape index (κ1) is 18.8. The van der Waals surface area contributed by atoms with Crippen molar-refractivity contribution in [1.82, 2.24) is 0 Å². The third kappa shape index (κ3) is 3.43. The summed E-state index contributed by atoms with van der Waals surface area (Å²) in [6.45, 7) is 0. The third-order valence-corrected chi connectivity index (χ3v) is 8.25.